The second-order valence-electron chi connectivity index (χ2n) is 8.78. The number of carboxylic acid groups (broad SMARTS) is 1. The highest BCUT2D eigenvalue weighted by molar-refractivity contribution is 5.89. The number of aromatic nitrogens is 2. The number of hydrogen-bond donors (Lipinski definition) is 3. The summed E-state index contributed by atoms with van der Waals surface area (Å²) in [6.45, 7) is 8.98. The lowest BCUT2D eigenvalue weighted by Crippen LogP contribution is -2.47. The number of para-hydroxylation sites is 1. The van der Waals surface area contributed by atoms with Gasteiger partial charge in [0, 0.05) is 17.8 Å². The van der Waals surface area contributed by atoms with Crippen LogP contribution in [-0.4, -0.2) is 43.8 Å². The highest BCUT2D eigenvalue weighted by atomic mass is 19.1. The molecule has 0 aliphatic rings. The van der Waals surface area contributed by atoms with Crippen LogP contribution in [0.4, 0.5) is 19.7 Å². The third kappa shape index (κ3) is 4.85. The first kappa shape index (κ1) is 24.7. The lowest BCUT2D eigenvalue weighted by Gasteiger charge is -2.38. The summed E-state index contributed by atoms with van der Waals surface area (Å²) < 4.78 is 15.9. The van der Waals surface area contributed by atoms with Crippen molar-refractivity contribution in [2.45, 2.75) is 46.2 Å². The second-order valence-corrected chi connectivity index (χ2v) is 8.78. The second kappa shape index (κ2) is 9.50. The molecule has 0 aliphatic carbocycles. The van der Waals surface area contributed by atoms with E-state index in [4.69, 9.17) is 0 Å². The number of carbonyl (C=O) groups is 2. The summed E-state index contributed by atoms with van der Waals surface area (Å²) in [6, 6.07) is 9.26. The molecular formula is C24H28FN5O4. The van der Waals surface area contributed by atoms with Crippen LogP contribution >= 0.6 is 0 Å². The van der Waals surface area contributed by atoms with Crippen LogP contribution in [0.3, 0.4) is 0 Å². The van der Waals surface area contributed by atoms with Crippen LogP contribution in [0.5, 0.6) is 0 Å². The van der Waals surface area contributed by atoms with E-state index in [0.29, 0.717) is 17.9 Å². The molecule has 0 fully saturated rings. The molecular weight excluding hydrogens is 441 g/mol. The fourth-order valence-corrected chi connectivity index (χ4v) is 3.93. The van der Waals surface area contributed by atoms with Gasteiger partial charge in [0.25, 0.3) is 5.56 Å². The molecule has 0 aliphatic heterocycles. The van der Waals surface area contributed by atoms with E-state index in [9.17, 15) is 23.9 Å². The molecule has 0 saturated heterocycles. The van der Waals surface area contributed by atoms with E-state index in [0.717, 1.165) is 4.90 Å². The van der Waals surface area contributed by atoms with Crippen LogP contribution in [0.15, 0.2) is 47.3 Å². The van der Waals surface area contributed by atoms with Gasteiger partial charge in [-0.1, -0.05) is 12.1 Å². The normalized spacial score (nSPS) is 12.3. The van der Waals surface area contributed by atoms with Crippen LogP contribution in [0, 0.1) is 5.82 Å². The monoisotopic (exact) mass is 469 g/mol. The third-order valence-electron chi connectivity index (χ3n) is 5.27. The Hall–Kier alpha value is -3.95. The number of carbonyl (C=O) groups excluding carboxylic acids is 1. The van der Waals surface area contributed by atoms with Crippen molar-refractivity contribution >= 4 is 28.7 Å². The summed E-state index contributed by atoms with van der Waals surface area (Å²) in [5, 5.41) is 15.3. The Balaban J connectivity index is 2.30. The van der Waals surface area contributed by atoms with E-state index in [-0.39, 0.29) is 16.7 Å². The zero-order chi connectivity index (χ0) is 25.2. The van der Waals surface area contributed by atoms with Gasteiger partial charge in [0.05, 0.1) is 17.1 Å². The molecule has 3 amide bonds. The highest BCUT2D eigenvalue weighted by Gasteiger charge is 2.34. The van der Waals surface area contributed by atoms with Crippen molar-refractivity contribution in [3.05, 3.63) is 64.5 Å². The Kier molecular flexibility index (Phi) is 6.90. The largest absolute Gasteiger partial charge is 0.465 e. The smallest absolute Gasteiger partial charge is 0.408 e. The van der Waals surface area contributed by atoms with Gasteiger partial charge in [-0.15, -0.1) is 0 Å². The maximum absolute atomic E-state index is 14.6. The molecule has 0 bridgehead atoms. The average Bonchev–Trinajstić information content (AvgIpc) is 2.73. The first-order chi connectivity index (χ1) is 16.0. The summed E-state index contributed by atoms with van der Waals surface area (Å²) in [6.07, 6.45) is -1.21. The summed E-state index contributed by atoms with van der Waals surface area (Å²) in [7, 11) is 0. The molecule has 34 heavy (non-hydrogen) atoms. The van der Waals surface area contributed by atoms with Gasteiger partial charge in [-0.2, -0.15) is 0 Å². The maximum Gasteiger partial charge on any atom is 0.408 e. The SMILES string of the molecule is CCNC(=O)Nc1cccc(-n2c([C@H](C)N(C(=O)O)C(C)(C)C)nc3c(F)cccc3c2=O)c1. The molecule has 0 spiro atoms. The lowest BCUT2D eigenvalue weighted by molar-refractivity contribution is 0.0719. The molecule has 180 valence electrons. The van der Waals surface area contributed by atoms with E-state index < -0.39 is 35.1 Å². The van der Waals surface area contributed by atoms with Gasteiger partial charge < -0.3 is 15.7 Å². The molecule has 10 heteroatoms. The van der Waals surface area contributed by atoms with E-state index in [1.165, 1.54) is 22.8 Å². The molecule has 2 aromatic carbocycles. The molecule has 0 radical (unpaired) electrons. The standard InChI is InChI=1S/C24H28FN5O4/c1-6-26-22(32)27-15-9-7-10-16(13-15)29-20(14(2)30(23(33)34)24(3,4)5)28-19-17(21(29)31)11-8-12-18(19)25/h7-14H,6H2,1-5H3,(H,33,34)(H2,26,27,32)/t14-/m0/s1. The number of nitrogens with zero attached hydrogens (tertiary/aromatic N) is 3. The topological polar surface area (TPSA) is 117 Å². The summed E-state index contributed by atoms with van der Waals surface area (Å²) in [4.78, 5) is 43.3. The number of amides is 3. The number of nitrogens with one attached hydrogen (secondary N) is 2. The minimum Gasteiger partial charge on any atom is -0.465 e. The number of benzene rings is 2. The first-order valence-electron chi connectivity index (χ1n) is 10.8. The summed E-state index contributed by atoms with van der Waals surface area (Å²) in [5.41, 5.74) is -0.764. The quantitative estimate of drug-likeness (QED) is 0.509. The number of fused-ring (bicyclic) bond motifs is 1. The van der Waals surface area contributed by atoms with Crippen LogP contribution in [0.1, 0.15) is 46.5 Å². The van der Waals surface area contributed by atoms with Gasteiger partial charge in [-0.25, -0.2) is 19.0 Å². The Bertz CT molecular complexity index is 1300. The molecule has 3 N–H and O–H groups in total. The van der Waals surface area contributed by atoms with Crippen molar-refractivity contribution in [2.75, 3.05) is 11.9 Å². The van der Waals surface area contributed by atoms with Gasteiger partial charge >= 0.3 is 12.1 Å². The van der Waals surface area contributed by atoms with Gasteiger partial charge in [0.15, 0.2) is 0 Å². The first-order valence-corrected chi connectivity index (χ1v) is 10.8. The maximum atomic E-state index is 14.6. The number of anilines is 1. The fourth-order valence-electron chi connectivity index (χ4n) is 3.93. The minimum absolute atomic E-state index is 0.0510. The number of urea groups is 1. The molecule has 3 rings (SSSR count). The zero-order valence-electron chi connectivity index (χ0n) is 19.7. The number of hydrogen-bond acceptors (Lipinski definition) is 4. The average molecular weight is 470 g/mol. The minimum atomic E-state index is -1.21. The number of rotatable bonds is 5. The molecule has 1 aromatic heterocycles. The zero-order valence-corrected chi connectivity index (χ0v) is 19.7. The van der Waals surface area contributed by atoms with Gasteiger partial charge in [0.2, 0.25) is 0 Å². The Labute approximate surface area is 196 Å². The Morgan fingerprint density at radius 3 is 2.50 bits per heavy atom. The van der Waals surface area contributed by atoms with E-state index in [2.05, 4.69) is 15.6 Å². The molecule has 3 aromatic rings. The van der Waals surface area contributed by atoms with Crippen molar-refractivity contribution in [1.82, 2.24) is 19.8 Å². The van der Waals surface area contributed by atoms with Crippen molar-refractivity contribution in [3.63, 3.8) is 0 Å². The van der Waals surface area contributed by atoms with Crippen molar-refractivity contribution in [3.8, 4) is 5.69 Å². The summed E-state index contributed by atoms with van der Waals surface area (Å²) in [5.74, 6) is -0.630. The Morgan fingerprint density at radius 2 is 1.88 bits per heavy atom. The Morgan fingerprint density at radius 1 is 1.21 bits per heavy atom. The highest BCUT2D eigenvalue weighted by Crippen LogP contribution is 2.29. The predicted octanol–water partition coefficient (Wildman–Crippen LogP) is 4.51. The molecule has 0 unspecified atom stereocenters. The molecule has 9 nitrogen and oxygen atoms in total. The molecule has 1 atom stereocenters. The van der Waals surface area contributed by atoms with Crippen molar-refractivity contribution in [2.24, 2.45) is 0 Å². The van der Waals surface area contributed by atoms with E-state index >= 15 is 0 Å². The van der Waals surface area contributed by atoms with Crippen LogP contribution in [0.2, 0.25) is 0 Å². The van der Waals surface area contributed by atoms with Crippen molar-refractivity contribution < 1.29 is 19.1 Å². The van der Waals surface area contributed by atoms with Crippen LogP contribution in [-0.2, 0) is 0 Å². The van der Waals surface area contributed by atoms with E-state index in [1.807, 2.05) is 0 Å². The van der Waals surface area contributed by atoms with Gasteiger partial charge in [-0.3, -0.25) is 14.3 Å². The third-order valence-corrected chi connectivity index (χ3v) is 5.27. The van der Waals surface area contributed by atoms with Gasteiger partial charge in [-0.05, 0) is 65.0 Å². The van der Waals surface area contributed by atoms with Crippen LogP contribution < -0.4 is 16.2 Å². The lowest BCUT2D eigenvalue weighted by atomic mass is 10.0. The molecule has 0 saturated carbocycles. The van der Waals surface area contributed by atoms with Gasteiger partial charge in [0.1, 0.15) is 17.2 Å². The molecule has 1 heterocycles. The number of halogens is 1. The predicted molar refractivity (Wildman–Crippen MR) is 128 cm³/mol. The fraction of sp³-hybridized carbons (Fsp3) is 0.333. The van der Waals surface area contributed by atoms with E-state index in [1.54, 1.807) is 58.9 Å². The van der Waals surface area contributed by atoms with Crippen LogP contribution in [0.25, 0.3) is 16.6 Å². The summed E-state index contributed by atoms with van der Waals surface area (Å²) >= 11 is 0. The van der Waals surface area contributed by atoms with Crippen molar-refractivity contribution in [1.29, 1.82) is 0 Å².